The molecule has 0 spiro atoms. The standard InChI is InChI=1S/C19H15F5N4/c1-10-13(11(2)28(27-10)9-12-6-4-3-5-7-12)8-25-26-19-17(23)15(21)14(20)16(22)18(19)24/h3-8,26H,9H2,1-2H3/b25-8-. The molecule has 1 heterocycles. The van der Waals surface area contributed by atoms with E-state index in [-0.39, 0.29) is 0 Å². The second-order valence-corrected chi connectivity index (χ2v) is 6.04. The van der Waals surface area contributed by atoms with Crippen LogP contribution in [-0.4, -0.2) is 16.0 Å². The minimum atomic E-state index is -2.22. The summed E-state index contributed by atoms with van der Waals surface area (Å²) in [6.07, 6.45) is 1.22. The van der Waals surface area contributed by atoms with Crippen LogP contribution in [0, 0.1) is 42.9 Å². The van der Waals surface area contributed by atoms with Gasteiger partial charge in [0.25, 0.3) is 0 Å². The molecule has 0 radical (unpaired) electrons. The van der Waals surface area contributed by atoms with Crippen LogP contribution in [0.3, 0.4) is 0 Å². The maximum Gasteiger partial charge on any atom is 0.200 e. The topological polar surface area (TPSA) is 42.2 Å². The van der Waals surface area contributed by atoms with Crippen molar-refractivity contribution in [2.24, 2.45) is 5.10 Å². The Labute approximate surface area is 157 Å². The van der Waals surface area contributed by atoms with E-state index in [1.807, 2.05) is 35.8 Å². The first kappa shape index (κ1) is 19.5. The van der Waals surface area contributed by atoms with Crippen molar-refractivity contribution >= 4 is 11.9 Å². The van der Waals surface area contributed by atoms with Crippen molar-refractivity contribution in [1.29, 1.82) is 0 Å². The molecule has 1 aromatic heterocycles. The highest BCUT2D eigenvalue weighted by Crippen LogP contribution is 2.27. The van der Waals surface area contributed by atoms with Crippen LogP contribution in [0.25, 0.3) is 0 Å². The molecule has 0 saturated carbocycles. The number of nitrogens with one attached hydrogen (secondary N) is 1. The molecule has 3 rings (SSSR count). The molecule has 9 heteroatoms. The molecule has 146 valence electrons. The van der Waals surface area contributed by atoms with Gasteiger partial charge in [-0.05, 0) is 19.4 Å². The lowest BCUT2D eigenvalue weighted by Gasteiger charge is -2.07. The van der Waals surface area contributed by atoms with Gasteiger partial charge in [0, 0.05) is 11.3 Å². The summed E-state index contributed by atoms with van der Waals surface area (Å²) in [6.45, 7) is 4.00. The fourth-order valence-electron chi connectivity index (χ4n) is 2.67. The van der Waals surface area contributed by atoms with Crippen molar-refractivity contribution in [3.8, 4) is 0 Å². The van der Waals surface area contributed by atoms with Crippen molar-refractivity contribution in [2.45, 2.75) is 20.4 Å². The van der Waals surface area contributed by atoms with Gasteiger partial charge in [0.15, 0.2) is 23.3 Å². The number of hydrogen-bond acceptors (Lipinski definition) is 3. The Bertz CT molecular complexity index is 1020. The molecule has 3 aromatic rings. The lowest BCUT2D eigenvalue weighted by molar-refractivity contribution is 0.381. The average Bonchev–Trinajstić information content (AvgIpc) is 2.95. The quantitative estimate of drug-likeness (QED) is 0.224. The second kappa shape index (κ2) is 7.79. The number of benzene rings is 2. The van der Waals surface area contributed by atoms with Gasteiger partial charge < -0.3 is 0 Å². The van der Waals surface area contributed by atoms with E-state index in [0.717, 1.165) is 11.3 Å². The monoisotopic (exact) mass is 394 g/mol. The summed E-state index contributed by atoms with van der Waals surface area (Å²) in [6, 6.07) is 9.58. The Morgan fingerprint density at radius 3 is 2.11 bits per heavy atom. The summed E-state index contributed by atoms with van der Waals surface area (Å²) in [5, 5.41) is 8.01. The fraction of sp³-hybridized carbons (Fsp3) is 0.158. The number of anilines is 1. The minimum absolute atomic E-state index is 0.506. The average molecular weight is 394 g/mol. The Balaban J connectivity index is 1.85. The van der Waals surface area contributed by atoms with Gasteiger partial charge in [-0.25, -0.2) is 22.0 Å². The van der Waals surface area contributed by atoms with Crippen LogP contribution < -0.4 is 5.43 Å². The van der Waals surface area contributed by atoms with E-state index in [9.17, 15) is 22.0 Å². The number of aromatic nitrogens is 2. The van der Waals surface area contributed by atoms with Gasteiger partial charge in [-0.2, -0.15) is 10.2 Å². The van der Waals surface area contributed by atoms with Crippen LogP contribution >= 0.6 is 0 Å². The van der Waals surface area contributed by atoms with E-state index in [4.69, 9.17) is 0 Å². The van der Waals surface area contributed by atoms with Crippen molar-refractivity contribution < 1.29 is 22.0 Å². The highest BCUT2D eigenvalue weighted by molar-refractivity contribution is 5.83. The molecule has 0 fully saturated rings. The zero-order valence-corrected chi connectivity index (χ0v) is 14.9. The van der Waals surface area contributed by atoms with E-state index in [1.54, 1.807) is 18.5 Å². The van der Waals surface area contributed by atoms with Crippen LogP contribution in [0.2, 0.25) is 0 Å². The van der Waals surface area contributed by atoms with Gasteiger partial charge in [-0.3, -0.25) is 10.1 Å². The van der Waals surface area contributed by atoms with Gasteiger partial charge in [-0.15, -0.1) is 0 Å². The molecule has 0 atom stereocenters. The molecular formula is C19H15F5N4. The SMILES string of the molecule is Cc1nn(Cc2ccccc2)c(C)c1/C=N\Nc1c(F)c(F)c(F)c(F)c1F. The third-order valence-electron chi connectivity index (χ3n) is 4.19. The third-order valence-corrected chi connectivity index (χ3v) is 4.19. The predicted molar refractivity (Wildman–Crippen MR) is 94.7 cm³/mol. The molecule has 0 aliphatic carbocycles. The van der Waals surface area contributed by atoms with Crippen molar-refractivity contribution in [3.05, 3.63) is 81.9 Å². The highest BCUT2D eigenvalue weighted by Gasteiger charge is 2.25. The third kappa shape index (κ3) is 3.60. The number of nitrogens with zero attached hydrogens (tertiary/aromatic N) is 3. The molecule has 0 bridgehead atoms. The fourth-order valence-corrected chi connectivity index (χ4v) is 2.67. The number of aryl methyl sites for hydroxylation is 1. The molecule has 0 saturated heterocycles. The second-order valence-electron chi connectivity index (χ2n) is 6.04. The van der Waals surface area contributed by atoms with Crippen molar-refractivity contribution in [1.82, 2.24) is 9.78 Å². The summed E-state index contributed by atoms with van der Waals surface area (Å²) in [4.78, 5) is 0. The van der Waals surface area contributed by atoms with Gasteiger partial charge >= 0.3 is 0 Å². The normalized spacial score (nSPS) is 11.4. The molecule has 4 nitrogen and oxygen atoms in total. The van der Waals surface area contributed by atoms with Gasteiger partial charge in [-0.1, -0.05) is 30.3 Å². The number of hydrogen-bond donors (Lipinski definition) is 1. The molecule has 0 aliphatic rings. The van der Waals surface area contributed by atoms with E-state index in [1.165, 1.54) is 6.21 Å². The van der Waals surface area contributed by atoms with Gasteiger partial charge in [0.1, 0.15) is 5.69 Å². The Morgan fingerprint density at radius 2 is 1.50 bits per heavy atom. The van der Waals surface area contributed by atoms with E-state index >= 15 is 0 Å². The summed E-state index contributed by atoms with van der Waals surface area (Å²) in [5.74, 6) is -10.3. The van der Waals surface area contributed by atoms with Gasteiger partial charge in [0.05, 0.1) is 18.5 Å². The first-order chi connectivity index (χ1) is 13.3. The first-order valence-corrected chi connectivity index (χ1v) is 8.19. The lowest BCUT2D eigenvalue weighted by Crippen LogP contribution is -2.07. The van der Waals surface area contributed by atoms with Crippen molar-refractivity contribution in [3.63, 3.8) is 0 Å². The molecule has 0 amide bonds. The Kier molecular flexibility index (Phi) is 5.43. The predicted octanol–water partition coefficient (Wildman–Crippen LogP) is 4.69. The molecule has 1 N–H and O–H groups in total. The zero-order valence-electron chi connectivity index (χ0n) is 14.9. The van der Waals surface area contributed by atoms with Crippen LogP contribution in [-0.2, 0) is 6.54 Å². The highest BCUT2D eigenvalue weighted by atomic mass is 19.2. The minimum Gasteiger partial charge on any atom is -0.272 e. The first-order valence-electron chi connectivity index (χ1n) is 8.19. The molecule has 0 unspecified atom stereocenters. The maximum atomic E-state index is 13.7. The van der Waals surface area contributed by atoms with E-state index in [0.29, 0.717) is 17.8 Å². The van der Waals surface area contributed by atoms with Crippen LogP contribution in [0.15, 0.2) is 35.4 Å². The number of hydrazone groups is 1. The zero-order chi connectivity index (χ0) is 20.4. The Morgan fingerprint density at radius 1 is 0.929 bits per heavy atom. The Hall–Kier alpha value is -3.23. The summed E-state index contributed by atoms with van der Waals surface area (Å²) in [7, 11) is 0. The van der Waals surface area contributed by atoms with Gasteiger partial charge in [0.2, 0.25) is 5.82 Å². The number of rotatable bonds is 5. The maximum absolute atomic E-state index is 13.7. The molecule has 28 heavy (non-hydrogen) atoms. The smallest absolute Gasteiger partial charge is 0.200 e. The summed E-state index contributed by atoms with van der Waals surface area (Å²) in [5.41, 5.74) is 3.57. The summed E-state index contributed by atoms with van der Waals surface area (Å²) < 4.78 is 68.6. The van der Waals surface area contributed by atoms with Crippen LogP contribution in [0.1, 0.15) is 22.5 Å². The van der Waals surface area contributed by atoms with E-state index in [2.05, 4.69) is 10.2 Å². The summed E-state index contributed by atoms with van der Waals surface area (Å²) >= 11 is 0. The molecule has 0 aliphatic heterocycles. The van der Waals surface area contributed by atoms with Crippen LogP contribution in [0.5, 0.6) is 0 Å². The van der Waals surface area contributed by atoms with E-state index < -0.39 is 34.8 Å². The molecule has 2 aromatic carbocycles. The van der Waals surface area contributed by atoms with Crippen LogP contribution in [0.4, 0.5) is 27.6 Å². The molecular weight excluding hydrogens is 379 g/mol. The number of halogens is 5. The lowest BCUT2D eigenvalue weighted by atomic mass is 10.2. The largest absolute Gasteiger partial charge is 0.272 e. The van der Waals surface area contributed by atoms with Crippen molar-refractivity contribution in [2.75, 3.05) is 5.43 Å².